The molecule has 2 aromatic rings. The van der Waals surface area contributed by atoms with Gasteiger partial charge in [-0.3, -0.25) is 0 Å². The fraction of sp³-hybridized carbons (Fsp3) is 0.350. The average Bonchev–Trinajstić information content (AvgIpc) is 2.65. The smallest absolute Gasteiger partial charge is 0.319 e. The highest BCUT2D eigenvalue weighted by molar-refractivity contribution is 5.90. The van der Waals surface area contributed by atoms with E-state index in [2.05, 4.69) is 34.7 Å². The average molecular weight is 341 g/mol. The highest BCUT2D eigenvalue weighted by Crippen LogP contribution is 2.16. The lowest BCUT2D eigenvalue weighted by atomic mass is 10.2. The van der Waals surface area contributed by atoms with E-state index in [4.69, 9.17) is 4.74 Å². The number of hydrogen-bond donors (Lipinski definition) is 2. The van der Waals surface area contributed by atoms with Gasteiger partial charge in [0.05, 0.1) is 6.61 Å². The standard InChI is InChI=1S/C20H27N3O2/c1-3-25-16-17-10-7-8-13-19(17)22-20(24)21-14-9-15-23(2)18-11-5-4-6-12-18/h4-8,10-13H,3,9,14-16H2,1-2H3,(H2,21,22,24). The van der Waals surface area contributed by atoms with Crippen molar-refractivity contribution < 1.29 is 9.53 Å². The molecule has 0 fully saturated rings. The van der Waals surface area contributed by atoms with Gasteiger partial charge >= 0.3 is 6.03 Å². The van der Waals surface area contributed by atoms with Crippen LogP contribution in [0.15, 0.2) is 54.6 Å². The van der Waals surface area contributed by atoms with Crippen LogP contribution in [-0.2, 0) is 11.3 Å². The third-order valence-electron chi connectivity index (χ3n) is 3.88. The molecule has 2 aromatic carbocycles. The van der Waals surface area contributed by atoms with Gasteiger partial charge in [-0.2, -0.15) is 0 Å². The Morgan fingerprint density at radius 3 is 2.56 bits per heavy atom. The third kappa shape index (κ3) is 6.47. The van der Waals surface area contributed by atoms with Crippen molar-refractivity contribution in [2.45, 2.75) is 20.0 Å². The van der Waals surface area contributed by atoms with Crippen molar-refractivity contribution in [1.29, 1.82) is 0 Å². The molecular weight excluding hydrogens is 314 g/mol. The number of para-hydroxylation sites is 2. The van der Waals surface area contributed by atoms with Crippen molar-refractivity contribution in [2.24, 2.45) is 0 Å². The monoisotopic (exact) mass is 341 g/mol. The first-order valence-corrected chi connectivity index (χ1v) is 8.67. The Bertz CT molecular complexity index is 646. The molecule has 0 spiro atoms. The summed E-state index contributed by atoms with van der Waals surface area (Å²) in [7, 11) is 2.05. The van der Waals surface area contributed by atoms with E-state index in [9.17, 15) is 4.79 Å². The third-order valence-corrected chi connectivity index (χ3v) is 3.88. The normalized spacial score (nSPS) is 10.3. The molecule has 2 N–H and O–H groups in total. The van der Waals surface area contributed by atoms with Crippen LogP contribution in [0, 0.1) is 0 Å². The molecule has 0 radical (unpaired) electrons. The van der Waals surface area contributed by atoms with Crippen molar-refractivity contribution in [1.82, 2.24) is 5.32 Å². The van der Waals surface area contributed by atoms with E-state index in [0.717, 1.165) is 24.2 Å². The van der Waals surface area contributed by atoms with Gasteiger partial charge in [-0.1, -0.05) is 36.4 Å². The van der Waals surface area contributed by atoms with E-state index in [1.165, 1.54) is 5.69 Å². The van der Waals surface area contributed by atoms with Crippen molar-refractivity contribution in [2.75, 3.05) is 37.0 Å². The Balaban J connectivity index is 1.72. The molecule has 5 nitrogen and oxygen atoms in total. The molecule has 0 bridgehead atoms. The maximum absolute atomic E-state index is 12.1. The number of ether oxygens (including phenoxy) is 1. The minimum Gasteiger partial charge on any atom is -0.377 e. The molecular formula is C20H27N3O2. The van der Waals surface area contributed by atoms with Gasteiger partial charge in [0.15, 0.2) is 0 Å². The zero-order valence-electron chi connectivity index (χ0n) is 15.0. The molecule has 0 aliphatic heterocycles. The summed E-state index contributed by atoms with van der Waals surface area (Å²) < 4.78 is 5.43. The van der Waals surface area contributed by atoms with Gasteiger partial charge in [0.1, 0.15) is 0 Å². The number of hydrogen-bond acceptors (Lipinski definition) is 3. The highest BCUT2D eigenvalue weighted by atomic mass is 16.5. The first-order chi connectivity index (χ1) is 12.2. The van der Waals surface area contributed by atoms with Gasteiger partial charge in [-0.05, 0) is 31.5 Å². The number of rotatable bonds is 9. The lowest BCUT2D eigenvalue weighted by Crippen LogP contribution is -2.32. The van der Waals surface area contributed by atoms with Gasteiger partial charge < -0.3 is 20.3 Å². The van der Waals surface area contributed by atoms with Gasteiger partial charge in [0.2, 0.25) is 0 Å². The molecule has 0 unspecified atom stereocenters. The molecule has 2 rings (SSSR count). The van der Waals surface area contributed by atoms with Gasteiger partial charge in [0, 0.05) is 43.7 Å². The van der Waals surface area contributed by atoms with Crippen LogP contribution < -0.4 is 15.5 Å². The van der Waals surface area contributed by atoms with E-state index in [0.29, 0.717) is 19.8 Å². The van der Waals surface area contributed by atoms with E-state index < -0.39 is 0 Å². The molecule has 0 aliphatic carbocycles. The Hall–Kier alpha value is -2.53. The summed E-state index contributed by atoms with van der Waals surface area (Å²) >= 11 is 0. The number of nitrogens with zero attached hydrogens (tertiary/aromatic N) is 1. The van der Waals surface area contributed by atoms with E-state index in [1.54, 1.807) is 0 Å². The summed E-state index contributed by atoms with van der Waals surface area (Å²) in [4.78, 5) is 14.3. The molecule has 0 saturated heterocycles. The van der Waals surface area contributed by atoms with Gasteiger partial charge in [-0.15, -0.1) is 0 Å². The number of benzene rings is 2. The number of anilines is 2. The van der Waals surface area contributed by atoms with Crippen LogP contribution in [-0.4, -0.2) is 32.8 Å². The van der Waals surface area contributed by atoms with E-state index in [1.807, 2.05) is 49.4 Å². The SMILES string of the molecule is CCOCc1ccccc1NC(=O)NCCCN(C)c1ccccc1. The van der Waals surface area contributed by atoms with E-state index >= 15 is 0 Å². The second kappa shape index (κ2) is 10.4. The lowest BCUT2D eigenvalue weighted by molar-refractivity contribution is 0.134. The Morgan fingerprint density at radius 1 is 1.08 bits per heavy atom. The topological polar surface area (TPSA) is 53.6 Å². The second-order valence-electron chi connectivity index (χ2n) is 5.79. The zero-order valence-corrected chi connectivity index (χ0v) is 15.0. The molecule has 0 aromatic heterocycles. The molecule has 0 heterocycles. The van der Waals surface area contributed by atoms with Crippen LogP contribution in [0.25, 0.3) is 0 Å². The molecule has 5 heteroatoms. The zero-order chi connectivity index (χ0) is 17.9. The van der Waals surface area contributed by atoms with Crippen LogP contribution in [0.1, 0.15) is 18.9 Å². The predicted molar refractivity (Wildman–Crippen MR) is 103 cm³/mol. The summed E-state index contributed by atoms with van der Waals surface area (Å²) in [6.45, 7) is 4.60. The number of carbonyl (C=O) groups is 1. The van der Waals surface area contributed by atoms with Crippen molar-refractivity contribution in [3.05, 3.63) is 60.2 Å². The number of nitrogens with one attached hydrogen (secondary N) is 2. The van der Waals surface area contributed by atoms with Crippen LogP contribution in [0.2, 0.25) is 0 Å². The molecule has 0 atom stereocenters. The van der Waals surface area contributed by atoms with Crippen LogP contribution in [0.4, 0.5) is 16.2 Å². The highest BCUT2D eigenvalue weighted by Gasteiger charge is 2.06. The summed E-state index contributed by atoms with van der Waals surface area (Å²) in [5.74, 6) is 0. The largest absolute Gasteiger partial charge is 0.377 e. The molecule has 2 amide bonds. The summed E-state index contributed by atoms with van der Waals surface area (Å²) in [6.07, 6.45) is 0.874. The molecule has 0 aliphatic rings. The Kier molecular flexibility index (Phi) is 7.79. The fourth-order valence-corrected chi connectivity index (χ4v) is 2.48. The molecule has 25 heavy (non-hydrogen) atoms. The first kappa shape index (κ1) is 18.8. The van der Waals surface area contributed by atoms with Crippen molar-refractivity contribution in [3.63, 3.8) is 0 Å². The number of carbonyl (C=O) groups excluding carboxylic acids is 1. The summed E-state index contributed by atoms with van der Waals surface area (Å²) in [5, 5.41) is 5.80. The predicted octanol–water partition coefficient (Wildman–Crippen LogP) is 3.87. The Labute approximate surface area is 150 Å². The van der Waals surface area contributed by atoms with Gasteiger partial charge in [0.25, 0.3) is 0 Å². The van der Waals surface area contributed by atoms with E-state index in [-0.39, 0.29) is 6.03 Å². The summed E-state index contributed by atoms with van der Waals surface area (Å²) in [6, 6.07) is 17.7. The lowest BCUT2D eigenvalue weighted by Gasteiger charge is -2.19. The molecule has 134 valence electrons. The first-order valence-electron chi connectivity index (χ1n) is 8.67. The number of amides is 2. The van der Waals surface area contributed by atoms with Crippen LogP contribution in [0.3, 0.4) is 0 Å². The second-order valence-corrected chi connectivity index (χ2v) is 5.79. The van der Waals surface area contributed by atoms with Crippen LogP contribution >= 0.6 is 0 Å². The minimum atomic E-state index is -0.189. The summed E-state index contributed by atoms with van der Waals surface area (Å²) in [5.41, 5.74) is 2.94. The van der Waals surface area contributed by atoms with Crippen LogP contribution in [0.5, 0.6) is 0 Å². The maximum atomic E-state index is 12.1. The maximum Gasteiger partial charge on any atom is 0.319 e. The quantitative estimate of drug-likeness (QED) is 0.681. The number of urea groups is 1. The molecule has 0 saturated carbocycles. The van der Waals surface area contributed by atoms with Crippen molar-refractivity contribution >= 4 is 17.4 Å². The minimum absolute atomic E-state index is 0.189. The van der Waals surface area contributed by atoms with Crippen molar-refractivity contribution in [3.8, 4) is 0 Å². The van der Waals surface area contributed by atoms with Gasteiger partial charge in [-0.25, -0.2) is 4.79 Å². The fourth-order valence-electron chi connectivity index (χ4n) is 2.48. The Morgan fingerprint density at radius 2 is 1.80 bits per heavy atom.